The summed E-state index contributed by atoms with van der Waals surface area (Å²) in [5.74, 6) is -1.82. The Balaban J connectivity index is 2.11. The molecule has 0 saturated heterocycles. The van der Waals surface area contributed by atoms with Crippen molar-refractivity contribution in [3.05, 3.63) is 35.4 Å². The van der Waals surface area contributed by atoms with Gasteiger partial charge in [0, 0.05) is 5.56 Å². The van der Waals surface area contributed by atoms with Gasteiger partial charge in [0.2, 0.25) is 0 Å². The Morgan fingerprint density at radius 2 is 1.68 bits per heavy atom. The molecule has 4 nitrogen and oxygen atoms in total. The fourth-order valence-corrected chi connectivity index (χ4v) is 1.62. The molecule has 7 heteroatoms. The van der Waals surface area contributed by atoms with Gasteiger partial charge in [-0.2, -0.15) is 13.2 Å². The highest BCUT2D eigenvalue weighted by atomic mass is 19.4. The van der Waals surface area contributed by atoms with E-state index >= 15 is 0 Å². The third-order valence-electron chi connectivity index (χ3n) is 2.99. The number of carboxylic acids is 1. The highest BCUT2D eigenvalue weighted by molar-refractivity contribution is 5.98. The highest BCUT2D eigenvalue weighted by Crippen LogP contribution is 2.36. The number of carbonyl (C=O) groups excluding carboxylic acids is 1. The van der Waals surface area contributed by atoms with E-state index in [0.717, 1.165) is 24.3 Å². The van der Waals surface area contributed by atoms with Crippen molar-refractivity contribution < 1.29 is 27.9 Å². The Labute approximate surface area is 106 Å². The number of rotatable bonds is 3. The summed E-state index contributed by atoms with van der Waals surface area (Å²) in [5, 5.41) is 11.2. The molecule has 0 atom stereocenters. The van der Waals surface area contributed by atoms with E-state index in [0.29, 0.717) is 12.8 Å². The largest absolute Gasteiger partial charge is 0.480 e. The molecule has 1 aromatic rings. The molecule has 0 heterocycles. The molecule has 1 amide bonds. The minimum atomic E-state index is -4.46. The van der Waals surface area contributed by atoms with Gasteiger partial charge in [-0.3, -0.25) is 4.79 Å². The van der Waals surface area contributed by atoms with Crippen LogP contribution in [0.2, 0.25) is 0 Å². The SMILES string of the molecule is O=C(NC1(C(=O)O)CC1)c1ccc(C(F)(F)F)cc1. The first kappa shape index (κ1) is 13.4. The van der Waals surface area contributed by atoms with Gasteiger partial charge in [0.15, 0.2) is 0 Å². The third kappa shape index (κ3) is 2.69. The molecule has 102 valence electrons. The molecule has 0 spiro atoms. The van der Waals surface area contributed by atoms with Gasteiger partial charge < -0.3 is 10.4 Å². The van der Waals surface area contributed by atoms with Crippen LogP contribution < -0.4 is 5.32 Å². The van der Waals surface area contributed by atoms with Gasteiger partial charge in [0.1, 0.15) is 5.54 Å². The summed E-state index contributed by atoms with van der Waals surface area (Å²) in [6.45, 7) is 0. The van der Waals surface area contributed by atoms with Crippen LogP contribution >= 0.6 is 0 Å². The fraction of sp³-hybridized carbons (Fsp3) is 0.333. The van der Waals surface area contributed by atoms with Gasteiger partial charge in [-0.15, -0.1) is 0 Å². The number of hydrogen-bond donors (Lipinski definition) is 2. The molecule has 19 heavy (non-hydrogen) atoms. The number of hydrogen-bond acceptors (Lipinski definition) is 2. The van der Waals surface area contributed by atoms with Crippen molar-refractivity contribution in [2.75, 3.05) is 0 Å². The van der Waals surface area contributed by atoms with Crippen LogP contribution in [0.1, 0.15) is 28.8 Å². The van der Waals surface area contributed by atoms with Crippen LogP contribution in [-0.2, 0) is 11.0 Å². The number of carbonyl (C=O) groups is 2. The summed E-state index contributed by atoms with van der Waals surface area (Å²) in [6.07, 6.45) is -3.81. The van der Waals surface area contributed by atoms with Gasteiger partial charge in [-0.05, 0) is 37.1 Å². The quantitative estimate of drug-likeness (QED) is 0.885. The smallest absolute Gasteiger partial charge is 0.416 e. The molecular formula is C12H10F3NO3. The summed E-state index contributed by atoms with van der Waals surface area (Å²) in [6, 6.07) is 3.62. The average Bonchev–Trinajstić information content (AvgIpc) is 3.09. The molecule has 0 radical (unpaired) electrons. The lowest BCUT2D eigenvalue weighted by molar-refractivity contribution is -0.140. The van der Waals surface area contributed by atoms with Crippen LogP contribution in [0.5, 0.6) is 0 Å². The number of aliphatic carboxylic acids is 1. The van der Waals surface area contributed by atoms with E-state index in [1.165, 1.54) is 0 Å². The summed E-state index contributed by atoms with van der Waals surface area (Å²) in [5.41, 5.74) is -2.11. The van der Waals surface area contributed by atoms with Crippen molar-refractivity contribution in [2.45, 2.75) is 24.6 Å². The van der Waals surface area contributed by atoms with E-state index in [1.807, 2.05) is 0 Å². The first-order valence-electron chi connectivity index (χ1n) is 5.48. The van der Waals surface area contributed by atoms with Gasteiger partial charge in [0.05, 0.1) is 5.56 Å². The molecule has 0 aromatic heterocycles. The summed E-state index contributed by atoms with van der Waals surface area (Å²) in [7, 11) is 0. The maximum atomic E-state index is 12.3. The van der Waals surface area contributed by atoms with Crippen molar-refractivity contribution in [1.29, 1.82) is 0 Å². The van der Waals surface area contributed by atoms with Crippen LogP contribution in [0.3, 0.4) is 0 Å². The molecule has 1 aliphatic carbocycles. The van der Waals surface area contributed by atoms with Crippen LogP contribution in [0.15, 0.2) is 24.3 Å². The molecule has 0 bridgehead atoms. The Hall–Kier alpha value is -2.05. The molecule has 0 unspecified atom stereocenters. The van der Waals surface area contributed by atoms with Crippen molar-refractivity contribution in [3.8, 4) is 0 Å². The van der Waals surface area contributed by atoms with Crippen LogP contribution in [0.4, 0.5) is 13.2 Å². The second-order valence-electron chi connectivity index (χ2n) is 4.42. The van der Waals surface area contributed by atoms with Crippen molar-refractivity contribution in [3.63, 3.8) is 0 Å². The monoisotopic (exact) mass is 273 g/mol. The second-order valence-corrected chi connectivity index (χ2v) is 4.42. The number of alkyl halides is 3. The Morgan fingerprint density at radius 1 is 1.16 bits per heavy atom. The molecule has 0 aliphatic heterocycles. The molecule has 2 N–H and O–H groups in total. The minimum Gasteiger partial charge on any atom is -0.480 e. The van der Waals surface area contributed by atoms with E-state index in [2.05, 4.69) is 5.32 Å². The van der Waals surface area contributed by atoms with E-state index in [-0.39, 0.29) is 5.56 Å². The highest BCUT2D eigenvalue weighted by Gasteiger charge is 2.51. The lowest BCUT2D eigenvalue weighted by Gasteiger charge is -2.13. The molecule has 1 aromatic carbocycles. The van der Waals surface area contributed by atoms with Crippen LogP contribution in [0.25, 0.3) is 0 Å². The zero-order chi connectivity index (χ0) is 14.3. The summed E-state index contributed by atoms with van der Waals surface area (Å²) in [4.78, 5) is 22.6. The topological polar surface area (TPSA) is 66.4 Å². The number of nitrogens with one attached hydrogen (secondary N) is 1. The van der Waals surface area contributed by atoms with Gasteiger partial charge >= 0.3 is 12.1 Å². The van der Waals surface area contributed by atoms with Crippen molar-refractivity contribution >= 4 is 11.9 Å². The van der Waals surface area contributed by atoms with Crippen LogP contribution in [0, 0.1) is 0 Å². The number of halogens is 3. The van der Waals surface area contributed by atoms with Gasteiger partial charge in [-0.1, -0.05) is 0 Å². The average molecular weight is 273 g/mol. The third-order valence-corrected chi connectivity index (χ3v) is 2.99. The predicted octanol–water partition coefficient (Wildman–Crippen LogP) is 2.05. The van der Waals surface area contributed by atoms with E-state index in [4.69, 9.17) is 5.11 Å². The minimum absolute atomic E-state index is 0.000486. The van der Waals surface area contributed by atoms with Crippen molar-refractivity contribution in [1.82, 2.24) is 5.32 Å². The second kappa shape index (κ2) is 4.25. The number of benzene rings is 1. The maximum absolute atomic E-state index is 12.3. The van der Waals surface area contributed by atoms with E-state index in [9.17, 15) is 22.8 Å². The Kier molecular flexibility index (Phi) is 3.00. The van der Waals surface area contributed by atoms with E-state index in [1.54, 1.807) is 0 Å². The number of amides is 1. The standard InChI is InChI=1S/C12H10F3NO3/c13-12(14,15)8-3-1-7(2-4-8)9(17)16-11(5-6-11)10(18)19/h1-4H,5-6H2,(H,16,17)(H,18,19). The van der Waals surface area contributed by atoms with Gasteiger partial charge in [-0.25, -0.2) is 4.79 Å². The first-order chi connectivity index (χ1) is 8.74. The number of carboxylic acid groups (broad SMARTS) is 1. The van der Waals surface area contributed by atoms with Gasteiger partial charge in [0.25, 0.3) is 5.91 Å². The Morgan fingerprint density at radius 3 is 2.05 bits per heavy atom. The predicted molar refractivity (Wildman–Crippen MR) is 58.5 cm³/mol. The molecule has 2 rings (SSSR count). The maximum Gasteiger partial charge on any atom is 0.416 e. The molecular weight excluding hydrogens is 263 g/mol. The fourth-order valence-electron chi connectivity index (χ4n) is 1.62. The first-order valence-corrected chi connectivity index (χ1v) is 5.48. The normalized spacial score (nSPS) is 16.8. The van der Waals surface area contributed by atoms with Crippen LogP contribution in [-0.4, -0.2) is 22.5 Å². The Bertz CT molecular complexity index is 518. The lowest BCUT2D eigenvalue weighted by Crippen LogP contribution is -2.43. The zero-order valence-electron chi connectivity index (χ0n) is 9.62. The van der Waals surface area contributed by atoms with E-state index < -0.39 is 29.2 Å². The lowest BCUT2D eigenvalue weighted by atomic mass is 10.1. The molecule has 1 saturated carbocycles. The molecule has 1 aliphatic rings. The summed E-state index contributed by atoms with van der Waals surface area (Å²) >= 11 is 0. The van der Waals surface area contributed by atoms with Crippen molar-refractivity contribution in [2.24, 2.45) is 0 Å². The zero-order valence-corrected chi connectivity index (χ0v) is 9.62. The summed E-state index contributed by atoms with van der Waals surface area (Å²) < 4.78 is 37.0. The molecule has 1 fully saturated rings.